The minimum Gasteiger partial charge on any atom is -0.318 e. The number of hydrazine groups is 1. The lowest BCUT2D eigenvalue weighted by atomic mass is 10.1. The molecule has 0 fully saturated rings. The number of nitrogens with zero attached hydrogens (tertiary/aromatic N) is 4. The van der Waals surface area contributed by atoms with Crippen molar-refractivity contribution in [1.29, 1.82) is 0 Å². The number of hydrogen-bond acceptors (Lipinski definition) is 6. The summed E-state index contributed by atoms with van der Waals surface area (Å²) >= 11 is 0. The molecule has 1 aromatic heterocycles. The average Bonchev–Trinajstić information content (AvgIpc) is 2.61. The first kappa shape index (κ1) is 16.1. The van der Waals surface area contributed by atoms with Crippen molar-refractivity contribution in [1.82, 2.24) is 10.4 Å². The number of rotatable bonds is 5. The zero-order valence-corrected chi connectivity index (χ0v) is 14.2. The van der Waals surface area contributed by atoms with E-state index in [4.69, 9.17) is 0 Å². The number of amidine groups is 1. The summed E-state index contributed by atoms with van der Waals surface area (Å²) in [4.78, 5) is 15.1. The van der Waals surface area contributed by atoms with Crippen LogP contribution in [0.4, 0.5) is 11.4 Å². The van der Waals surface area contributed by atoms with Gasteiger partial charge in [0.25, 0.3) is 0 Å². The topological polar surface area (TPSA) is 64.9 Å². The first-order chi connectivity index (χ1) is 11.7. The second-order valence-corrected chi connectivity index (χ2v) is 5.65. The lowest BCUT2D eigenvalue weighted by molar-refractivity contribution is 0.590. The van der Waals surface area contributed by atoms with E-state index >= 15 is 0 Å². The van der Waals surface area contributed by atoms with Crippen molar-refractivity contribution in [3.05, 3.63) is 53.9 Å². The van der Waals surface area contributed by atoms with Crippen LogP contribution in [0.3, 0.4) is 0 Å². The summed E-state index contributed by atoms with van der Waals surface area (Å²) in [5.41, 5.74) is 10.9. The number of aliphatic imine (C=N–C) groups is 2. The number of nitrogens with one attached hydrogen (secondary N) is 2. The molecule has 0 amide bonds. The Kier molecular flexibility index (Phi) is 4.86. The first-order valence-corrected chi connectivity index (χ1v) is 8.06. The van der Waals surface area contributed by atoms with Crippen molar-refractivity contribution in [2.45, 2.75) is 33.5 Å². The van der Waals surface area contributed by atoms with Crippen molar-refractivity contribution in [2.75, 3.05) is 10.3 Å². The fourth-order valence-corrected chi connectivity index (χ4v) is 2.82. The molecule has 0 bridgehead atoms. The number of aromatic nitrogens is 1. The van der Waals surface area contributed by atoms with E-state index in [1.165, 1.54) is 11.1 Å². The molecule has 2 N–H and O–H groups in total. The largest absolute Gasteiger partial charge is 0.318 e. The minimum atomic E-state index is -0.273. The Morgan fingerprint density at radius 1 is 1.08 bits per heavy atom. The number of pyridine rings is 1. The summed E-state index contributed by atoms with van der Waals surface area (Å²) < 4.78 is 0. The predicted octanol–water partition coefficient (Wildman–Crippen LogP) is 3.26. The maximum absolute atomic E-state index is 4.51. The molecule has 3 rings (SSSR count). The summed E-state index contributed by atoms with van der Waals surface area (Å²) in [6.07, 6.45) is 5.67. The molecule has 0 spiro atoms. The molecule has 0 radical (unpaired) electrons. The smallest absolute Gasteiger partial charge is 0.199 e. The van der Waals surface area contributed by atoms with E-state index in [-0.39, 0.29) is 6.29 Å². The lowest BCUT2D eigenvalue weighted by Gasteiger charge is -2.35. The van der Waals surface area contributed by atoms with E-state index in [1.807, 2.05) is 12.1 Å². The van der Waals surface area contributed by atoms with Gasteiger partial charge in [-0.3, -0.25) is 9.88 Å². The fraction of sp³-hybridized carbons (Fsp3) is 0.278. The molecule has 124 valence electrons. The van der Waals surface area contributed by atoms with E-state index in [1.54, 1.807) is 18.7 Å². The molecule has 6 nitrogen and oxygen atoms in total. The van der Waals surface area contributed by atoms with Crippen molar-refractivity contribution in [3.63, 3.8) is 0 Å². The number of aryl methyl sites for hydroxylation is 2. The summed E-state index contributed by atoms with van der Waals surface area (Å²) in [6, 6.07) is 10.1. The van der Waals surface area contributed by atoms with Gasteiger partial charge in [0.15, 0.2) is 6.29 Å². The number of hydrogen-bond donors (Lipinski definition) is 2. The van der Waals surface area contributed by atoms with Gasteiger partial charge in [0.05, 0.1) is 11.4 Å². The van der Waals surface area contributed by atoms with Crippen LogP contribution in [0, 0.1) is 13.8 Å². The number of benzene rings is 1. The highest BCUT2D eigenvalue weighted by atomic mass is 15.5. The van der Waals surface area contributed by atoms with Gasteiger partial charge in [-0.2, -0.15) is 5.43 Å². The van der Waals surface area contributed by atoms with Crippen molar-refractivity contribution >= 4 is 23.5 Å². The molecule has 0 saturated carbocycles. The van der Waals surface area contributed by atoms with Crippen LogP contribution in [0.15, 0.2) is 52.7 Å². The maximum Gasteiger partial charge on any atom is 0.199 e. The Morgan fingerprint density at radius 3 is 2.46 bits per heavy atom. The normalized spacial score (nSPS) is 16.9. The minimum absolute atomic E-state index is 0.273. The monoisotopic (exact) mass is 322 g/mol. The molecule has 1 aromatic carbocycles. The maximum atomic E-state index is 4.51. The molecule has 6 heteroatoms. The van der Waals surface area contributed by atoms with Gasteiger partial charge in [0.2, 0.25) is 0 Å². The van der Waals surface area contributed by atoms with Crippen LogP contribution < -0.4 is 15.8 Å². The standard InChI is InChI=1S/C18H22N6/c1-4-16-20-12-21-18(23-22-15-8-10-19-11-9-15)24(16)17-13(2)6-5-7-14(17)3/h5-12,18,23H,4H2,1-3H3,(H,19,22). The number of para-hydroxylation sites is 1. The third-order valence-corrected chi connectivity index (χ3v) is 3.96. The molecule has 2 aromatic rings. The van der Waals surface area contributed by atoms with E-state index in [9.17, 15) is 0 Å². The summed E-state index contributed by atoms with van der Waals surface area (Å²) in [6.45, 7) is 6.33. The molecular formula is C18H22N6. The molecule has 0 aliphatic carbocycles. The highest BCUT2D eigenvalue weighted by Gasteiger charge is 2.26. The molecule has 0 saturated heterocycles. The third-order valence-electron chi connectivity index (χ3n) is 3.96. The molecule has 1 aliphatic rings. The summed E-state index contributed by atoms with van der Waals surface area (Å²) in [7, 11) is 0. The van der Waals surface area contributed by atoms with Gasteiger partial charge < -0.3 is 5.43 Å². The van der Waals surface area contributed by atoms with Crippen LogP contribution >= 0.6 is 0 Å². The van der Waals surface area contributed by atoms with E-state index in [0.29, 0.717) is 0 Å². The average molecular weight is 322 g/mol. The van der Waals surface area contributed by atoms with Crippen LogP contribution in [-0.2, 0) is 0 Å². The van der Waals surface area contributed by atoms with Gasteiger partial charge in [0.1, 0.15) is 12.2 Å². The van der Waals surface area contributed by atoms with Crippen LogP contribution in [0.5, 0.6) is 0 Å². The molecule has 1 aliphatic heterocycles. The van der Waals surface area contributed by atoms with Crippen molar-refractivity contribution in [2.24, 2.45) is 9.98 Å². The lowest BCUT2D eigenvalue weighted by Crippen LogP contribution is -2.52. The Balaban J connectivity index is 1.89. The van der Waals surface area contributed by atoms with E-state index < -0.39 is 0 Å². The van der Waals surface area contributed by atoms with Gasteiger partial charge in [-0.05, 0) is 37.1 Å². The highest BCUT2D eigenvalue weighted by molar-refractivity contribution is 6.04. The summed E-state index contributed by atoms with van der Waals surface area (Å²) in [5, 5.41) is 0. The van der Waals surface area contributed by atoms with Gasteiger partial charge >= 0.3 is 0 Å². The van der Waals surface area contributed by atoms with E-state index in [0.717, 1.165) is 23.6 Å². The fourth-order valence-electron chi connectivity index (χ4n) is 2.82. The second kappa shape index (κ2) is 7.23. The van der Waals surface area contributed by atoms with E-state index in [2.05, 4.69) is 69.7 Å². The van der Waals surface area contributed by atoms with Crippen LogP contribution in [0.2, 0.25) is 0 Å². The third kappa shape index (κ3) is 3.28. The Bertz CT molecular complexity index is 733. The van der Waals surface area contributed by atoms with Gasteiger partial charge in [-0.1, -0.05) is 25.1 Å². The molecule has 1 unspecified atom stereocenters. The molecule has 24 heavy (non-hydrogen) atoms. The molecule has 2 heterocycles. The van der Waals surface area contributed by atoms with Gasteiger partial charge in [0, 0.05) is 18.8 Å². The van der Waals surface area contributed by atoms with Crippen LogP contribution in [-0.4, -0.2) is 23.4 Å². The molecular weight excluding hydrogens is 300 g/mol. The van der Waals surface area contributed by atoms with Gasteiger partial charge in [-0.15, -0.1) is 0 Å². The first-order valence-electron chi connectivity index (χ1n) is 8.06. The Morgan fingerprint density at radius 2 is 1.79 bits per heavy atom. The highest BCUT2D eigenvalue weighted by Crippen LogP contribution is 2.28. The van der Waals surface area contributed by atoms with Crippen LogP contribution in [0.25, 0.3) is 0 Å². The summed E-state index contributed by atoms with van der Waals surface area (Å²) in [5.74, 6) is 0.983. The van der Waals surface area contributed by atoms with Crippen molar-refractivity contribution < 1.29 is 0 Å². The zero-order chi connectivity index (χ0) is 16.9. The van der Waals surface area contributed by atoms with Gasteiger partial charge in [-0.25, -0.2) is 9.98 Å². The SMILES string of the molecule is CCC1=NC=NC(NNc2ccncc2)N1c1c(C)cccc1C. The Labute approximate surface area is 142 Å². The number of anilines is 2. The Hall–Kier alpha value is -2.73. The van der Waals surface area contributed by atoms with Crippen molar-refractivity contribution in [3.8, 4) is 0 Å². The predicted molar refractivity (Wildman–Crippen MR) is 99.4 cm³/mol. The quantitative estimate of drug-likeness (QED) is 0.829. The zero-order valence-electron chi connectivity index (χ0n) is 14.2. The second-order valence-electron chi connectivity index (χ2n) is 5.65. The molecule has 1 atom stereocenters. The van der Waals surface area contributed by atoms with Crippen LogP contribution in [0.1, 0.15) is 24.5 Å².